The van der Waals surface area contributed by atoms with E-state index in [1.54, 1.807) is 13.1 Å². The normalized spacial score (nSPS) is 12.6. The van der Waals surface area contributed by atoms with Crippen LogP contribution in [-0.2, 0) is 11.3 Å². The molecule has 0 unspecified atom stereocenters. The first-order valence-corrected chi connectivity index (χ1v) is 7.33. The van der Waals surface area contributed by atoms with Gasteiger partial charge in [-0.05, 0) is 31.1 Å². The molecular weight excluding hydrogens is 276 g/mol. The van der Waals surface area contributed by atoms with Crippen LogP contribution in [0.3, 0.4) is 0 Å². The van der Waals surface area contributed by atoms with Gasteiger partial charge in [0.05, 0.1) is 17.7 Å². The molecule has 2 rings (SSSR count). The van der Waals surface area contributed by atoms with Gasteiger partial charge in [-0.15, -0.1) is 0 Å². The summed E-state index contributed by atoms with van der Waals surface area (Å²) in [6, 6.07) is 5.88. The molecule has 0 aliphatic rings. The summed E-state index contributed by atoms with van der Waals surface area (Å²) in [5, 5.41) is 0. The molecule has 0 radical (unpaired) electrons. The predicted molar refractivity (Wildman–Crippen MR) is 89.4 cm³/mol. The van der Waals surface area contributed by atoms with Gasteiger partial charge in [0.2, 0.25) is 0 Å². The molecule has 0 aromatic carbocycles. The maximum Gasteiger partial charge on any atom is 0.140 e. The van der Waals surface area contributed by atoms with E-state index in [9.17, 15) is 0 Å². The molecule has 2 N–H and O–H groups in total. The molecule has 5 heteroatoms. The molecule has 5 nitrogen and oxygen atoms in total. The average Bonchev–Trinajstić information content (AvgIpc) is 2.89. The first kappa shape index (κ1) is 15.8. The molecule has 0 saturated carbocycles. The molecule has 0 atom stereocenters. The number of allylic oxidation sites excluding steroid dienone is 1. The van der Waals surface area contributed by atoms with Crippen molar-refractivity contribution in [3.05, 3.63) is 60.4 Å². The Balaban J connectivity index is 2.11. The third-order valence-corrected chi connectivity index (χ3v) is 3.08. The summed E-state index contributed by atoms with van der Waals surface area (Å²) in [5.41, 5.74) is 8.25. The van der Waals surface area contributed by atoms with E-state index in [4.69, 9.17) is 10.5 Å². The van der Waals surface area contributed by atoms with Crippen molar-refractivity contribution < 1.29 is 4.74 Å². The van der Waals surface area contributed by atoms with Gasteiger partial charge in [-0.2, -0.15) is 0 Å². The van der Waals surface area contributed by atoms with E-state index in [0.29, 0.717) is 18.2 Å². The zero-order valence-corrected chi connectivity index (χ0v) is 13.1. The van der Waals surface area contributed by atoms with Gasteiger partial charge in [-0.25, -0.2) is 9.98 Å². The molecule has 116 valence electrons. The first-order chi connectivity index (χ1) is 10.6. The fraction of sp³-hybridized carbons (Fsp3) is 0.294. The first-order valence-electron chi connectivity index (χ1n) is 7.33. The van der Waals surface area contributed by atoms with Gasteiger partial charge in [0, 0.05) is 12.4 Å². The molecule has 22 heavy (non-hydrogen) atoms. The van der Waals surface area contributed by atoms with E-state index in [1.807, 2.05) is 35.0 Å². The smallest absolute Gasteiger partial charge is 0.140 e. The Bertz CT molecular complexity index is 675. The van der Waals surface area contributed by atoms with Crippen LogP contribution in [0.4, 0.5) is 0 Å². The lowest BCUT2D eigenvalue weighted by atomic mass is 10.1. The largest absolute Gasteiger partial charge is 0.485 e. The number of aromatic nitrogens is 2. The second-order valence-electron chi connectivity index (χ2n) is 5.10. The number of aliphatic imine (C=N–C) groups is 1. The zero-order valence-electron chi connectivity index (χ0n) is 13.1. The predicted octanol–water partition coefficient (Wildman–Crippen LogP) is 3.43. The number of amidine groups is 1. The highest BCUT2D eigenvalue weighted by Crippen LogP contribution is 2.17. The second-order valence-corrected chi connectivity index (χ2v) is 5.10. The number of rotatable bonds is 7. The molecule has 0 bridgehead atoms. The van der Waals surface area contributed by atoms with Crippen LogP contribution in [0, 0.1) is 0 Å². The zero-order chi connectivity index (χ0) is 15.9. The number of fused-ring (bicyclic) bond motifs is 1. The number of hydrogen-bond acceptors (Lipinski definition) is 3. The summed E-state index contributed by atoms with van der Waals surface area (Å²) < 4.78 is 7.81. The van der Waals surface area contributed by atoms with Gasteiger partial charge in [0.15, 0.2) is 0 Å². The topological polar surface area (TPSA) is 64.9 Å². The minimum atomic E-state index is 0.370. The van der Waals surface area contributed by atoms with E-state index in [-0.39, 0.29) is 0 Å². The fourth-order valence-corrected chi connectivity index (χ4v) is 2.02. The van der Waals surface area contributed by atoms with Gasteiger partial charge in [0.1, 0.15) is 18.0 Å². The molecule has 2 heterocycles. The second kappa shape index (κ2) is 7.45. The highest BCUT2D eigenvalue weighted by Gasteiger charge is 2.07. The Hall–Kier alpha value is -2.56. The Morgan fingerprint density at radius 3 is 3.00 bits per heavy atom. The standard InChI is InChI=1S/C17H22N4O/c1-4-7-13(2)16(10-19-14(3)18)22-12-15-11-21-9-6-5-8-17(21)20-15/h5-6,8-11H,2,4,7,12H2,1,3H3,(H2,18,19)/b16-10+. The van der Waals surface area contributed by atoms with Gasteiger partial charge < -0.3 is 14.9 Å². The molecule has 0 fully saturated rings. The molecule has 0 aliphatic carbocycles. The van der Waals surface area contributed by atoms with Crippen molar-refractivity contribution in [1.29, 1.82) is 0 Å². The Morgan fingerprint density at radius 1 is 1.50 bits per heavy atom. The maximum absolute atomic E-state index is 5.85. The van der Waals surface area contributed by atoms with E-state index < -0.39 is 0 Å². The number of imidazole rings is 1. The Morgan fingerprint density at radius 2 is 2.32 bits per heavy atom. The van der Waals surface area contributed by atoms with Crippen LogP contribution in [0.5, 0.6) is 0 Å². The summed E-state index contributed by atoms with van der Waals surface area (Å²) in [6.07, 6.45) is 7.39. The quantitative estimate of drug-likeness (QED) is 0.368. The van der Waals surface area contributed by atoms with E-state index >= 15 is 0 Å². The van der Waals surface area contributed by atoms with Crippen LogP contribution < -0.4 is 5.73 Å². The lowest BCUT2D eigenvalue weighted by molar-refractivity contribution is 0.201. The Kier molecular flexibility index (Phi) is 5.36. The highest BCUT2D eigenvalue weighted by atomic mass is 16.5. The third kappa shape index (κ3) is 4.22. The summed E-state index contributed by atoms with van der Waals surface area (Å²) in [4.78, 5) is 8.61. The van der Waals surface area contributed by atoms with Crippen molar-refractivity contribution in [1.82, 2.24) is 9.38 Å². The molecule has 0 amide bonds. The van der Waals surface area contributed by atoms with Gasteiger partial charge in [-0.1, -0.05) is 26.0 Å². The summed E-state index contributed by atoms with van der Waals surface area (Å²) in [5.74, 6) is 1.14. The lowest BCUT2D eigenvalue weighted by Crippen LogP contribution is -2.04. The lowest BCUT2D eigenvalue weighted by Gasteiger charge is -2.10. The van der Waals surface area contributed by atoms with Crippen LogP contribution in [0.25, 0.3) is 5.65 Å². The number of pyridine rings is 1. The third-order valence-electron chi connectivity index (χ3n) is 3.08. The van der Waals surface area contributed by atoms with Crippen molar-refractivity contribution in [2.75, 3.05) is 0 Å². The monoisotopic (exact) mass is 298 g/mol. The summed E-state index contributed by atoms with van der Waals surface area (Å²) in [6.45, 7) is 8.25. The highest BCUT2D eigenvalue weighted by molar-refractivity contribution is 5.78. The minimum absolute atomic E-state index is 0.370. The van der Waals surface area contributed by atoms with Crippen molar-refractivity contribution in [2.24, 2.45) is 10.7 Å². The van der Waals surface area contributed by atoms with Crippen LogP contribution in [0.15, 0.2) is 59.7 Å². The summed E-state index contributed by atoms with van der Waals surface area (Å²) in [7, 11) is 0. The van der Waals surface area contributed by atoms with Crippen LogP contribution in [0.2, 0.25) is 0 Å². The maximum atomic E-state index is 5.85. The van der Waals surface area contributed by atoms with Gasteiger partial charge in [0.25, 0.3) is 0 Å². The number of hydrogen-bond donors (Lipinski definition) is 1. The van der Waals surface area contributed by atoms with Crippen LogP contribution in [-0.4, -0.2) is 15.2 Å². The molecule has 0 spiro atoms. The minimum Gasteiger partial charge on any atom is -0.485 e. The molecular formula is C17H22N4O. The molecule has 0 aliphatic heterocycles. The SMILES string of the molecule is C=C(CCC)/C(=C\N=C(C)N)OCc1cn2ccccc2n1. The van der Waals surface area contributed by atoms with Crippen LogP contribution >= 0.6 is 0 Å². The van der Waals surface area contributed by atoms with E-state index in [0.717, 1.165) is 29.8 Å². The van der Waals surface area contributed by atoms with Crippen molar-refractivity contribution in [3.8, 4) is 0 Å². The van der Waals surface area contributed by atoms with Gasteiger partial charge >= 0.3 is 0 Å². The van der Waals surface area contributed by atoms with Gasteiger partial charge in [-0.3, -0.25) is 0 Å². The molecule has 2 aromatic heterocycles. The number of nitrogens with two attached hydrogens (primary N) is 1. The number of ether oxygens (including phenoxy) is 1. The molecule has 0 saturated heterocycles. The number of nitrogens with zero attached hydrogens (tertiary/aromatic N) is 3. The van der Waals surface area contributed by atoms with E-state index in [2.05, 4.69) is 23.5 Å². The fourth-order valence-electron chi connectivity index (χ4n) is 2.02. The van der Waals surface area contributed by atoms with Crippen molar-refractivity contribution in [3.63, 3.8) is 0 Å². The van der Waals surface area contributed by atoms with Crippen molar-refractivity contribution >= 4 is 11.5 Å². The van der Waals surface area contributed by atoms with E-state index in [1.165, 1.54) is 0 Å². The van der Waals surface area contributed by atoms with Crippen molar-refractivity contribution in [2.45, 2.75) is 33.3 Å². The molecule has 2 aromatic rings. The average molecular weight is 298 g/mol. The Labute approximate surface area is 130 Å². The summed E-state index contributed by atoms with van der Waals surface area (Å²) >= 11 is 0. The van der Waals surface area contributed by atoms with Crippen LogP contribution in [0.1, 0.15) is 32.4 Å².